The van der Waals surface area contributed by atoms with E-state index in [4.69, 9.17) is 0 Å². The van der Waals surface area contributed by atoms with Gasteiger partial charge in [0.15, 0.2) is 0 Å². The smallest absolute Gasteiger partial charge is 0.0714 e. The van der Waals surface area contributed by atoms with Crippen molar-refractivity contribution in [1.29, 1.82) is 0 Å². The Morgan fingerprint density at radius 2 is 0.828 bits per heavy atom. The van der Waals surface area contributed by atoms with E-state index in [-0.39, 0.29) is 0 Å². The topological polar surface area (TPSA) is 3.24 Å². The molecular weight excluding hydrogens is 811 g/mol. The van der Waals surface area contributed by atoms with Crippen molar-refractivity contribution in [2.75, 3.05) is 4.90 Å². The van der Waals surface area contributed by atoms with Crippen molar-refractivity contribution < 1.29 is 0 Å². The van der Waals surface area contributed by atoms with Crippen LogP contribution in [0.25, 0.3) is 73.7 Å². The maximum atomic E-state index is 2.52. The molecule has 1 aliphatic carbocycles. The molecule has 300 valence electrons. The molecule has 0 saturated heterocycles. The van der Waals surface area contributed by atoms with Gasteiger partial charge in [0.1, 0.15) is 0 Å². The first-order valence-electron chi connectivity index (χ1n) is 21.9. The number of rotatable bonds is 7. The molecule has 2 heterocycles. The molecule has 1 nitrogen and oxygen atoms in total. The summed E-state index contributed by atoms with van der Waals surface area (Å²) in [7, 11) is 0. The summed E-state index contributed by atoms with van der Waals surface area (Å²) in [4.78, 5) is 2.52. The van der Waals surface area contributed by atoms with Gasteiger partial charge in [-0.2, -0.15) is 0 Å². The number of hydrogen-bond acceptors (Lipinski definition) is 3. The van der Waals surface area contributed by atoms with Gasteiger partial charge in [0.05, 0.1) is 21.5 Å². The number of hydrogen-bond donors (Lipinski definition) is 0. The van der Waals surface area contributed by atoms with Crippen molar-refractivity contribution in [2.45, 2.75) is 5.41 Å². The highest BCUT2D eigenvalue weighted by molar-refractivity contribution is 7.26. The lowest BCUT2D eigenvalue weighted by Crippen LogP contribution is -2.28. The van der Waals surface area contributed by atoms with Gasteiger partial charge in [0.2, 0.25) is 0 Å². The van der Waals surface area contributed by atoms with Crippen molar-refractivity contribution in [3.8, 4) is 33.4 Å². The van der Waals surface area contributed by atoms with E-state index in [0.29, 0.717) is 0 Å². The Morgan fingerprint density at radius 1 is 0.328 bits per heavy atom. The molecule has 0 amide bonds. The standard InChI is InChI=1S/C61H39NS2/c1-3-15-44(16-4-1)61(45-17-5-2-6-18-45)52-23-10-7-21-50(52)59-53(61)24-14-25-54(59)62(55-26-13-22-49-47-19-8-12-28-57(47)64-60(49)55)46-36-33-41(34-37-46)40-29-31-42(32-30-40)43-35-38-58-51(39-43)48-20-9-11-27-56(48)63-58/h1-39H. The van der Waals surface area contributed by atoms with Gasteiger partial charge in [-0.25, -0.2) is 0 Å². The van der Waals surface area contributed by atoms with Crippen LogP contribution in [0.15, 0.2) is 237 Å². The van der Waals surface area contributed by atoms with E-state index in [1.54, 1.807) is 0 Å². The molecule has 0 saturated carbocycles. The highest BCUT2D eigenvalue weighted by Crippen LogP contribution is 2.60. The van der Waals surface area contributed by atoms with E-state index in [2.05, 4.69) is 241 Å². The van der Waals surface area contributed by atoms with Gasteiger partial charge in [-0.15, -0.1) is 22.7 Å². The predicted molar refractivity (Wildman–Crippen MR) is 275 cm³/mol. The van der Waals surface area contributed by atoms with Crippen LogP contribution in [0.5, 0.6) is 0 Å². The van der Waals surface area contributed by atoms with Crippen molar-refractivity contribution in [2.24, 2.45) is 0 Å². The molecule has 64 heavy (non-hydrogen) atoms. The summed E-state index contributed by atoms with van der Waals surface area (Å²) < 4.78 is 5.23. The fourth-order valence-corrected chi connectivity index (χ4v) is 12.8. The summed E-state index contributed by atoms with van der Waals surface area (Å²) in [5.74, 6) is 0. The van der Waals surface area contributed by atoms with Crippen LogP contribution in [0.2, 0.25) is 0 Å². The molecule has 0 fully saturated rings. The number of fused-ring (bicyclic) bond motifs is 9. The summed E-state index contributed by atoms with van der Waals surface area (Å²) >= 11 is 3.74. The minimum atomic E-state index is -0.501. The summed E-state index contributed by atoms with van der Waals surface area (Å²) in [6.07, 6.45) is 0. The van der Waals surface area contributed by atoms with Gasteiger partial charge < -0.3 is 4.90 Å². The third-order valence-electron chi connectivity index (χ3n) is 13.4. The normalized spacial score (nSPS) is 12.8. The second kappa shape index (κ2) is 14.8. The average Bonchev–Trinajstić information content (AvgIpc) is 4.04. The highest BCUT2D eigenvalue weighted by Gasteiger charge is 2.47. The monoisotopic (exact) mass is 849 g/mol. The van der Waals surface area contributed by atoms with Crippen LogP contribution < -0.4 is 4.90 Å². The zero-order chi connectivity index (χ0) is 42.2. The van der Waals surface area contributed by atoms with E-state index >= 15 is 0 Å². The van der Waals surface area contributed by atoms with E-state index in [1.165, 1.54) is 102 Å². The molecule has 12 aromatic rings. The largest absolute Gasteiger partial charge is 0.308 e. The van der Waals surface area contributed by atoms with Crippen molar-refractivity contribution in [1.82, 2.24) is 0 Å². The van der Waals surface area contributed by atoms with E-state index < -0.39 is 5.41 Å². The Kier molecular flexibility index (Phi) is 8.55. The van der Waals surface area contributed by atoms with Crippen LogP contribution in [0.4, 0.5) is 17.1 Å². The van der Waals surface area contributed by atoms with Gasteiger partial charge in [-0.05, 0) is 98.6 Å². The first-order chi connectivity index (χ1) is 31.7. The number of nitrogens with zero attached hydrogens (tertiary/aromatic N) is 1. The van der Waals surface area contributed by atoms with E-state index in [1.807, 2.05) is 22.7 Å². The molecule has 2 aromatic heterocycles. The molecule has 0 aliphatic heterocycles. The molecule has 3 heteroatoms. The average molecular weight is 850 g/mol. The van der Waals surface area contributed by atoms with Crippen LogP contribution in [0.3, 0.4) is 0 Å². The third-order valence-corrected chi connectivity index (χ3v) is 15.7. The molecule has 13 rings (SSSR count). The van der Waals surface area contributed by atoms with Gasteiger partial charge in [0, 0.05) is 46.9 Å². The number of thiophene rings is 2. The van der Waals surface area contributed by atoms with Crippen molar-refractivity contribution >= 4 is 80.1 Å². The summed E-state index contributed by atoms with van der Waals surface area (Å²) in [5.41, 5.74) is 15.4. The van der Waals surface area contributed by atoms with Crippen molar-refractivity contribution in [3.05, 3.63) is 259 Å². The maximum Gasteiger partial charge on any atom is 0.0714 e. The molecule has 0 atom stereocenters. The molecule has 0 N–H and O–H groups in total. The Balaban J connectivity index is 0.976. The van der Waals surface area contributed by atoms with E-state index in [0.717, 1.165) is 11.4 Å². The lowest BCUT2D eigenvalue weighted by molar-refractivity contribution is 0.768. The quantitative estimate of drug-likeness (QED) is 0.154. The Bertz CT molecular complexity index is 3670. The first kappa shape index (κ1) is 37.0. The first-order valence-corrected chi connectivity index (χ1v) is 23.5. The minimum absolute atomic E-state index is 0.501. The molecule has 10 aromatic carbocycles. The molecule has 0 bridgehead atoms. The highest BCUT2D eigenvalue weighted by atomic mass is 32.1. The molecule has 1 aliphatic rings. The molecule has 0 spiro atoms. The van der Waals surface area contributed by atoms with Crippen LogP contribution in [-0.4, -0.2) is 0 Å². The second-order valence-electron chi connectivity index (χ2n) is 16.7. The van der Waals surface area contributed by atoms with Crippen LogP contribution >= 0.6 is 22.7 Å². The van der Waals surface area contributed by atoms with E-state index in [9.17, 15) is 0 Å². The number of benzene rings is 10. The molecule has 0 unspecified atom stereocenters. The van der Waals surface area contributed by atoms with Crippen molar-refractivity contribution in [3.63, 3.8) is 0 Å². The lowest BCUT2D eigenvalue weighted by atomic mass is 9.68. The van der Waals surface area contributed by atoms with Crippen LogP contribution in [-0.2, 0) is 5.41 Å². The third kappa shape index (κ3) is 5.61. The lowest BCUT2D eigenvalue weighted by Gasteiger charge is -2.34. The SMILES string of the molecule is c1ccc(C2(c3ccccc3)c3ccccc3-c3c(N(c4ccc(-c5ccc(-c6ccc7sc8ccccc8c7c6)cc5)cc4)c4cccc5c4sc4ccccc45)cccc32)cc1. The molecular formula is C61H39NS2. The Morgan fingerprint density at radius 3 is 1.55 bits per heavy atom. The van der Waals surface area contributed by atoms with Gasteiger partial charge in [0.25, 0.3) is 0 Å². The fourth-order valence-electron chi connectivity index (χ4n) is 10.5. The fraction of sp³-hybridized carbons (Fsp3) is 0.0164. The zero-order valence-electron chi connectivity index (χ0n) is 34.8. The Labute approximate surface area is 380 Å². The summed E-state index contributed by atoms with van der Waals surface area (Å²) in [5, 5.41) is 5.23. The zero-order valence-corrected chi connectivity index (χ0v) is 36.4. The van der Waals surface area contributed by atoms with Gasteiger partial charge in [-0.1, -0.05) is 188 Å². The van der Waals surface area contributed by atoms with Gasteiger partial charge in [-0.3, -0.25) is 0 Å². The Hall–Kier alpha value is -7.56. The second-order valence-corrected chi connectivity index (χ2v) is 18.9. The van der Waals surface area contributed by atoms with Crippen LogP contribution in [0.1, 0.15) is 22.3 Å². The predicted octanol–water partition coefficient (Wildman–Crippen LogP) is 17.6. The maximum absolute atomic E-state index is 2.52. The van der Waals surface area contributed by atoms with Crippen LogP contribution in [0, 0.1) is 0 Å². The minimum Gasteiger partial charge on any atom is -0.308 e. The van der Waals surface area contributed by atoms with Gasteiger partial charge >= 0.3 is 0 Å². The number of anilines is 3. The summed E-state index contributed by atoms with van der Waals surface area (Å²) in [6.45, 7) is 0. The summed E-state index contributed by atoms with van der Waals surface area (Å²) in [6, 6.07) is 87.7. The molecule has 0 radical (unpaired) electrons.